The number of aliphatic hydroxyl groups excluding tert-OH is 2. The van der Waals surface area contributed by atoms with E-state index in [-0.39, 0.29) is 58.1 Å². The lowest BCUT2D eigenvalue weighted by Crippen LogP contribution is -2.04. The fourth-order valence-corrected chi connectivity index (χ4v) is 5.59. The highest BCUT2D eigenvalue weighted by Gasteiger charge is 2.27. The van der Waals surface area contributed by atoms with Crippen LogP contribution in [0.2, 0.25) is 0 Å². The Hall–Kier alpha value is -4.93. The molecular formula is C28H29N5O13S2. The first-order valence-corrected chi connectivity index (χ1v) is 16.4. The van der Waals surface area contributed by atoms with Crippen molar-refractivity contribution < 1.29 is 61.3 Å². The molecule has 0 unspecified atom stereocenters. The number of aryl methyl sites for hydroxylation is 1. The Labute approximate surface area is 273 Å². The Kier molecular flexibility index (Phi) is 10.8. The molecule has 0 heterocycles. The van der Waals surface area contributed by atoms with Crippen molar-refractivity contribution in [3.8, 4) is 17.2 Å². The molecule has 4 rings (SSSR count). The number of carboxylic acids is 1. The van der Waals surface area contributed by atoms with Crippen LogP contribution in [0.15, 0.2) is 78.8 Å². The van der Waals surface area contributed by atoms with Gasteiger partial charge in [0, 0.05) is 17.5 Å². The minimum Gasteiger partial charge on any atom is -0.505 e. The van der Waals surface area contributed by atoms with Gasteiger partial charge >= 0.3 is 5.97 Å². The second-order valence-corrected chi connectivity index (χ2v) is 12.7. The minimum atomic E-state index is -4.83. The van der Waals surface area contributed by atoms with Crippen LogP contribution in [-0.2, 0) is 10.1 Å². The van der Waals surface area contributed by atoms with E-state index in [1.54, 1.807) is 13.0 Å². The van der Waals surface area contributed by atoms with Gasteiger partial charge in [0.15, 0.2) is 5.75 Å². The molecule has 0 saturated carbocycles. The molecule has 18 nitrogen and oxygen atoms in total. The molecule has 0 radical (unpaired) electrons. The highest BCUT2D eigenvalue weighted by molar-refractivity contribution is 8.19. The molecular weight excluding hydrogens is 678 g/mol. The summed E-state index contributed by atoms with van der Waals surface area (Å²) in [6.07, 6.45) is 0. The average molecular weight is 708 g/mol. The van der Waals surface area contributed by atoms with Gasteiger partial charge < -0.3 is 49.3 Å². The van der Waals surface area contributed by atoms with Gasteiger partial charge in [-0.1, -0.05) is 11.6 Å². The summed E-state index contributed by atoms with van der Waals surface area (Å²) >= 11 is 0. The predicted octanol–water partition coefficient (Wildman–Crippen LogP) is 5.54. The van der Waals surface area contributed by atoms with E-state index < -0.39 is 67.1 Å². The summed E-state index contributed by atoms with van der Waals surface area (Å²) in [7, 11) is -9.48. The number of anilines is 1. The number of hydrogen-bond donors (Lipinski definition) is 9. The highest BCUT2D eigenvalue weighted by atomic mass is 32.3. The maximum atomic E-state index is 11.7. The summed E-state index contributed by atoms with van der Waals surface area (Å²) in [4.78, 5) is 10.2. The summed E-state index contributed by atoms with van der Waals surface area (Å²) in [5, 5.41) is 55.0. The molecule has 0 amide bonds. The smallest absolute Gasteiger partial charge is 0.337 e. The van der Waals surface area contributed by atoms with Gasteiger partial charge in [-0.25, -0.2) is 4.79 Å². The van der Waals surface area contributed by atoms with Crippen LogP contribution in [0.25, 0.3) is 10.8 Å². The monoisotopic (exact) mass is 707 g/mol. The normalized spacial score (nSPS) is 12.6. The van der Waals surface area contributed by atoms with E-state index in [9.17, 15) is 51.8 Å². The Morgan fingerprint density at radius 2 is 1.33 bits per heavy atom. The van der Waals surface area contributed by atoms with Crippen LogP contribution < -0.4 is 15.2 Å². The number of nitrogen functional groups attached to an aromatic ring is 1. The Balaban J connectivity index is 1.90. The zero-order chi connectivity index (χ0) is 35.4. The molecule has 0 atom stereocenters. The summed E-state index contributed by atoms with van der Waals surface area (Å²) in [6.45, 7) is 0.313. The lowest BCUT2D eigenvalue weighted by molar-refractivity contribution is 0.0697. The number of nitrogens with two attached hydrogens (primary N) is 1. The average Bonchev–Trinajstić information content (AvgIpc) is 3.01. The SMILES string of the molecule is Cc1ccc(N=Nc2cc(OCCO)c(N=Nc3c(S(O)(O)O)cc4cc(S(=O)(=O)O)c(N)cc4c3O)cc2OCCO)c(C(=O)O)c1. The summed E-state index contributed by atoms with van der Waals surface area (Å²) in [6, 6.07) is 9.63. The van der Waals surface area contributed by atoms with E-state index in [0.29, 0.717) is 5.56 Å². The van der Waals surface area contributed by atoms with Gasteiger partial charge in [-0.05, 0) is 42.6 Å². The van der Waals surface area contributed by atoms with Gasteiger partial charge in [-0.2, -0.15) is 8.42 Å². The van der Waals surface area contributed by atoms with Crippen LogP contribution in [0.4, 0.5) is 28.4 Å². The number of azo groups is 2. The number of benzene rings is 4. The molecule has 4 aromatic carbocycles. The molecule has 0 saturated heterocycles. The van der Waals surface area contributed by atoms with Crippen LogP contribution in [-0.4, -0.2) is 79.5 Å². The number of carbonyl (C=O) groups is 1. The first kappa shape index (κ1) is 35.9. The number of phenols is 1. The third kappa shape index (κ3) is 8.13. The van der Waals surface area contributed by atoms with Crippen molar-refractivity contribution >= 4 is 66.2 Å². The number of rotatable bonds is 13. The highest BCUT2D eigenvalue weighted by Crippen LogP contribution is 2.55. The lowest BCUT2D eigenvalue weighted by Gasteiger charge is -2.22. The van der Waals surface area contributed by atoms with Gasteiger partial charge in [0.2, 0.25) is 0 Å². The molecule has 4 aromatic rings. The Morgan fingerprint density at radius 3 is 1.85 bits per heavy atom. The number of ether oxygens (including phenoxy) is 2. The fourth-order valence-electron chi connectivity index (χ4n) is 4.28. The standard InChI is InChI=1S/C28H29N5O13S2/c1-14-2-3-19(17(8-14)28(37)38)30-31-20-12-23(46-7-5-35)21(13-22(20)45-6-4-34)32-33-26-25(48(42,43)44)10-15-9-24(47(39,40)41)18(29)11-16(15)27(26)36/h2-3,8-13,34-36,42-44H,4-7,29H2,1H3,(H,37,38)(H,39,40,41). The first-order valence-electron chi connectivity index (χ1n) is 13.4. The zero-order valence-corrected chi connectivity index (χ0v) is 26.4. The van der Waals surface area contributed by atoms with Gasteiger partial charge in [0.1, 0.15) is 63.2 Å². The molecule has 0 fully saturated rings. The molecule has 0 aromatic heterocycles. The molecule has 10 N–H and O–H groups in total. The summed E-state index contributed by atoms with van der Waals surface area (Å²) < 4.78 is 74.5. The number of aromatic hydroxyl groups is 1. The largest absolute Gasteiger partial charge is 0.505 e. The number of aromatic carboxylic acids is 1. The summed E-state index contributed by atoms with van der Waals surface area (Å²) in [5.41, 5.74) is 4.95. The van der Waals surface area contributed by atoms with E-state index in [4.69, 9.17) is 15.2 Å². The van der Waals surface area contributed by atoms with Crippen molar-refractivity contribution in [2.45, 2.75) is 16.7 Å². The maximum Gasteiger partial charge on any atom is 0.337 e. The third-order valence-electron chi connectivity index (χ3n) is 6.40. The summed E-state index contributed by atoms with van der Waals surface area (Å²) in [5.74, 6) is -2.24. The molecule has 0 aliphatic heterocycles. The number of aliphatic hydroxyl groups is 2. The fraction of sp³-hybridized carbons (Fsp3) is 0.179. The molecule has 0 spiro atoms. The molecule has 0 bridgehead atoms. The van der Waals surface area contributed by atoms with E-state index in [0.717, 1.165) is 18.2 Å². The van der Waals surface area contributed by atoms with Crippen LogP contribution in [0.5, 0.6) is 17.2 Å². The first-order chi connectivity index (χ1) is 22.5. The van der Waals surface area contributed by atoms with Crippen LogP contribution in [0, 0.1) is 6.92 Å². The van der Waals surface area contributed by atoms with E-state index in [2.05, 4.69) is 20.5 Å². The number of fused-ring (bicyclic) bond motifs is 1. The van der Waals surface area contributed by atoms with Crippen molar-refractivity contribution in [2.24, 2.45) is 20.5 Å². The molecule has 0 aliphatic carbocycles. The maximum absolute atomic E-state index is 11.7. The topological polar surface area (TPSA) is 307 Å². The Bertz CT molecular complexity index is 2050. The van der Waals surface area contributed by atoms with Gasteiger partial charge in [0.25, 0.3) is 10.1 Å². The van der Waals surface area contributed by atoms with Crippen molar-refractivity contribution in [2.75, 3.05) is 32.2 Å². The Morgan fingerprint density at radius 1 is 0.792 bits per heavy atom. The number of nitrogens with zero attached hydrogens (tertiary/aromatic N) is 4. The molecule has 256 valence electrons. The van der Waals surface area contributed by atoms with Crippen molar-refractivity contribution in [1.29, 1.82) is 0 Å². The minimum absolute atomic E-state index is 0.00875. The van der Waals surface area contributed by atoms with Crippen LogP contribution in [0.1, 0.15) is 15.9 Å². The third-order valence-corrected chi connectivity index (χ3v) is 8.21. The van der Waals surface area contributed by atoms with Gasteiger partial charge in [0.05, 0.1) is 29.4 Å². The molecule has 0 aliphatic rings. The number of hydrogen-bond acceptors (Lipinski definition) is 16. The van der Waals surface area contributed by atoms with Gasteiger partial charge in [-0.15, -0.1) is 20.5 Å². The molecule has 20 heteroatoms. The quantitative estimate of drug-likeness (QED) is 0.0468. The second kappa shape index (κ2) is 14.5. The van der Waals surface area contributed by atoms with Gasteiger partial charge in [-0.3, -0.25) is 4.55 Å². The van der Waals surface area contributed by atoms with E-state index in [1.165, 1.54) is 24.3 Å². The van der Waals surface area contributed by atoms with Crippen molar-refractivity contribution in [1.82, 2.24) is 0 Å². The van der Waals surface area contributed by atoms with Crippen molar-refractivity contribution in [3.63, 3.8) is 0 Å². The van der Waals surface area contributed by atoms with E-state index in [1.807, 2.05) is 0 Å². The van der Waals surface area contributed by atoms with Crippen LogP contribution >= 0.6 is 10.9 Å². The zero-order valence-electron chi connectivity index (χ0n) is 24.7. The second-order valence-electron chi connectivity index (χ2n) is 9.83. The van der Waals surface area contributed by atoms with E-state index >= 15 is 0 Å². The number of phenolic OH excluding ortho intramolecular Hbond substituents is 1. The predicted molar refractivity (Wildman–Crippen MR) is 172 cm³/mol. The van der Waals surface area contributed by atoms with Crippen molar-refractivity contribution in [3.05, 3.63) is 59.7 Å². The number of carboxylic acid groups (broad SMARTS) is 1. The lowest BCUT2D eigenvalue weighted by atomic mass is 10.1. The molecule has 48 heavy (non-hydrogen) atoms. The van der Waals surface area contributed by atoms with Crippen LogP contribution in [0.3, 0.4) is 0 Å².